The Hall–Kier alpha value is -0.900. The second-order valence-electron chi connectivity index (χ2n) is 1.36. The van der Waals surface area contributed by atoms with Crippen LogP contribution in [-0.4, -0.2) is 6.61 Å². The van der Waals surface area contributed by atoms with Gasteiger partial charge >= 0.3 is 0 Å². The molecule has 0 aliphatic rings. The molecule has 0 radical (unpaired) electrons. The zero-order chi connectivity index (χ0) is 5.70. The van der Waals surface area contributed by atoms with Gasteiger partial charge in [-0.1, -0.05) is 13.0 Å². The maximum atomic E-state index is 4.76. The lowest BCUT2D eigenvalue weighted by atomic mass is 10.4. The van der Waals surface area contributed by atoms with Gasteiger partial charge in [0, 0.05) is 0 Å². The van der Waals surface area contributed by atoms with Crippen LogP contribution in [-0.2, 0) is 4.74 Å². The van der Waals surface area contributed by atoms with Gasteiger partial charge in [-0.05, 0) is 12.5 Å². The SMILES string of the molecule is C#COCC(=C)C. The van der Waals surface area contributed by atoms with Crippen molar-refractivity contribution in [2.24, 2.45) is 0 Å². The molecular weight excluding hydrogens is 88.1 g/mol. The van der Waals surface area contributed by atoms with E-state index in [0.717, 1.165) is 5.57 Å². The number of rotatable bonds is 2. The summed E-state index contributed by atoms with van der Waals surface area (Å²) < 4.78 is 4.52. The molecule has 1 nitrogen and oxygen atoms in total. The molecule has 0 saturated carbocycles. The molecule has 0 aliphatic carbocycles. The lowest BCUT2D eigenvalue weighted by Crippen LogP contribution is -1.85. The quantitative estimate of drug-likeness (QED) is 0.370. The first-order chi connectivity index (χ1) is 3.27. The Bertz CT molecular complexity index is 97.2. The van der Waals surface area contributed by atoms with Crippen LogP contribution in [0, 0.1) is 12.5 Å². The van der Waals surface area contributed by atoms with Crippen molar-refractivity contribution in [3.63, 3.8) is 0 Å². The fraction of sp³-hybridized carbons (Fsp3) is 0.333. The maximum absolute atomic E-state index is 4.76. The Balaban J connectivity index is 3.02. The zero-order valence-corrected chi connectivity index (χ0v) is 4.40. The molecule has 38 valence electrons. The molecule has 7 heavy (non-hydrogen) atoms. The molecule has 0 bridgehead atoms. The van der Waals surface area contributed by atoms with Crippen molar-refractivity contribution >= 4 is 0 Å². The largest absolute Gasteiger partial charge is 0.442 e. The van der Waals surface area contributed by atoms with E-state index in [1.807, 2.05) is 13.0 Å². The molecule has 0 unspecified atom stereocenters. The van der Waals surface area contributed by atoms with Crippen LogP contribution in [0.1, 0.15) is 6.92 Å². The summed E-state index contributed by atoms with van der Waals surface area (Å²) in [5.74, 6) is 0. The average molecular weight is 96.1 g/mol. The van der Waals surface area contributed by atoms with Gasteiger partial charge in [-0.15, -0.1) is 0 Å². The van der Waals surface area contributed by atoms with E-state index in [4.69, 9.17) is 6.42 Å². The number of hydrogen-bond acceptors (Lipinski definition) is 1. The fourth-order valence-electron chi connectivity index (χ4n) is 0.165. The molecule has 0 heterocycles. The molecule has 0 fully saturated rings. The highest BCUT2D eigenvalue weighted by atomic mass is 16.5. The summed E-state index contributed by atoms with van der Waals surface area (Å²) >= 11 is 0. The van der Waals surface area contributed by atoms with Crippen LogP contribution >= 0.6 is 0 Å². The summed E-state index contributed by atoms with van der Waals surface area (Å²) in [5, 5.41) is 0. The summed E-state index contributed by atoms with van der Waals surface area (Å²) in [5.41, 5.74) is 0.943. The smallest absolute Gasteiger partial charge is 0.121 e. The van der Waals surface area contributed by atoms with Gasteiger partial charge in [0.05, 0.1) is 0 Å². The number of hydrogen-bond donors (Lipinski definition) is 0. The minimum atomic E-state index is 0.469. The molecule has 0 aromatic rings. The molecule has 0 rings (SSSR count). The molecule has 0 aliphatic heterocycles. The van der Waals surface area contributed by atoms with Crippen molar-refractivity contribution in [2.75, 3.05) is 6.61 Å². The summed E-state index contributed by atoms with van der Waals surface area (Å²) in [4.78, 5) is 0. The summed E-state index contributed by atoms with van der Waals surface area (Å²) in [7, 11) is 0. The second-order valence-corrected chi connectivity index (χ2v) is 1.36. The van der Waals surface area contributed by atoms with Gasteiger partial charge in [-0.3, -0.25) is 0 Å². The van der Waals surface area contributed by atoms with E-state index in [9.17, 15) is 0 Å². The van der Waals surface area contributed by atoms with Crippen molar-refractivity contribution in [1.29, 1.82) is 0 Å². The number of terminal acetylenes is 1. The van der Waals surface area contributed by atoms with Gasteiger partial charge in [0.25, 0.3) is 0 Å². The number of ether oxygens (including phenoxy) is 1. The summed E-state index contributed by atoms with van der Waals surface area (Å²) in [6, 6.07) is 0. The highest BCUT2D eigenvalue weighted by Crippen LogP contribution is 1.84. The zero-order valence-electron chi connectivity index (χ0n) is 4.40. The highest BCUT2D eigenvalue weighted by molar-refractivity contribution is 4.89. The Morgan fingerprint density at radius 1 is 2.00 bits per heavy atom. The van der Waals surface area contributed by atoms with Crippen molar-refractivity contribution in [2.45, 2.75) is 6.92 Å². The van der Waals surface area contributed by atoms with E-state index in [-0.39, 0.29) is 0 Å². The van der Waals surface area contributed by atoms with Crippen LogP contribution in [0.2, 0.25) is 0 Å². The van der Waals surface area contributed by atoms with Gasteiger partial charge in [0.2, 0.25) is 0 Å². The van der Waals surface area contributed by atoms with E-state index in [0.29, 0.717) is 6.61 Å². The van der Waals surface area contributed by atoms with Crippen LogP contribution < -0.4 is 0 Å². The predicted octanol–water partition coefficient (Wildman–Crippen LogP) is 1.17. The molecule has 0 spiro atoms. The minimum absolute atomic E-state index is 0.469. The third kappa shape index (κ3) is 5.10. The van der Waals surface area contributed by atoms with Crippen LogP contribution in [0.15, 0.2) is 12.2 Å². The Labute approximate surface area is 44.0 Å². The van der Waals surface area contributed by atoms with Gasteiger partial charge in [0.1, 0.15) is 12.7 Å². The standard InChI is InChI=1S/C6H8O/c1-4-7-5-6(2)3/h1H,2,5H2,3H3. The molecular formula is C6H8O. The second kappa shape index (κ2) is 3.30. The third-order valence-electron chi connectivity index (χ3n) is 0.402. The highest BCUT2D eigenvalue weighted by Gasteiger charge is 1.78. The summed E-state index contributed by atoms with van der Waals surface area (Å²) in [6.45, 7) is 5.90. The normalized spacial score (nSPS) is 6.86. The average Bonchev–Trinajstić information content (AvgIpc) is 1.61. The third-order valence-corrected chi connectivity index (χ3v) is 0.402. The van der Waals surface area contributed by atoms with Gasteiger partial charge in [0.15, 0.2) is 0 Å². The molecule has 0 atom stereocenters. The molecule has 0 saturated heterocycles. The predicted molar refractivity (Wildman–Crippen MR) is 29.6 cm³/mol. The van der Waals surface area contributed by atoms with Crippen molar-refractivity contribution in [3.8, 4) is 12.5 Å². The topological polar surface area (TPSA) is 9.23 Å². The first-order valence-electron chi connectivity index (χ1n) is 1.99. The van der Waals surface area contributed by atoms with Gasteiger partial charge in [-0.25, -0.2) is 0 Å². The van der Waals surface area contributed by atoms with Gasteiger partial charge in [-0.2, -0.15) is 0 Å². The van der Waals surface area contributed by atoms with E-state index >= 15 is 0 Å². The Morgan fingerprint density at radius 3 is 2.71 bits per heavy atom. The molecule has 0 N–H and O–H groups in total. The van der Waals surface area contributed by atoms with E-state index in [2.05, 4.69) is 11.3 Å². The van der Waals surface area contributed by atoms with Crippen molar-refractivity contribution in [1.82, 2.24) is 0 Å². The minimum Gasteiger partial charge on any atom is -0.442 e. The first-order valence-corrected chi connectivity index (χ1v) is 1.99. The first kappa shape index (κ1) is 6.10. The van der Waals surface area contributed by atoms with Crippen LogP contribution in [0.3, 0.4) is 0 Å². The Morgan fingerprint density at radius 2 is 2.57 bits per heavy atom. The molecule has 0 aromatic carbocycles. The van der Waals surface area contributed by atoms with Gasteiger partial charge < -0.3 is 4.74 Å². The van der Waals surface area contributed by atoms with E-state index in [1.165, 1.54) is 0 Å². The van der Waals surface area contributed by atoms with Crippen molar-refractivity contribution < 1.29 is 4.74 Å². The summed E-state index contributed by atoms with van der Waals surface area (Å²) in [6.07, 6.45) is 6.80. The van der Waals surface area contributed by atoms with E-state index < -0.39 is 0 Å². The van der Waals surface area contributed by atoms with E-state index in [1.54, 1.807) is 0 Å². The molecule has 0 amide bonds. The van der Waals surface area contributed by atoms with Crippen LogP contribution in [0.25, 0.3) is 0 Å². The monoisotopic (exact) mass is 96.1 g/mol. The van der Waals surface area contributed by atoms with Crippen molar-refractivity contribution in [3.05, 3.63) is 12.2 Å². The van der Waals surface area contributed by atoms with Crippen LogP contribution in [0.4, 0.5) is 0 Å². The van der Waals surface area contributed by atoms with Crippen LogP contribution in [0.5, 0.6) is 0 Å². The maximum Gasteiger partial charge on any atom is 0.121 e. The molecule has 1 heteroatoms. The lowest BCUT2D eigenvalue weighted by molar-refractivity contribution is 0.312. The fourth-order valence-corrected chi connectivity index (χ4v) is 0.165. The molecule has 0 aromatic heterocycles. The lowest BCUT2D eigenvalue weighted by Gasteiger charge is -1.91. The Kier molecular flexibility index (Phi) is 2.87.